The van der Waals surface area contributed by atoms with Crippen LogP contribution in [-0.4, -0.2) is 58.1 Å². The first kappa shape index (κ1) is 15.6. The third kappa shape index (κ3) is 3.05. The number of hydrogen-bond donors (Lipinski definition) is 3. The Balaban J connectivity index is 1.55. The van der Waals surface area contributed by atoms with Gasteiger partial charge in [0.2, 0.25) is 5.95 Å². The van der Waals surface area contributed by atoms with E-state index in [2.05, 4.69) is 42.1 Å². The number of nitrogens with zero attached hydrogens (tertiary/aromatic N) is 5. The van der Waals surface area contributed by atoms with E-state index < -0.39 is 0 Å². The average Bonchev–Trinajstić information content (AvgIpc) is 3.05. The van der Waals surface area contributed by atoms with Crippen LogP contribution in [0, 0.1) is 5.82 Å². The van der Waals surface area contributed by atoms with Crippen LogP contribution in [0.1, 0.15) is 0 Å². The van der Waals surface area contributed by atoms with Gasteiger partial charge in [0.1, 0.15) is 11.3 Å². The molecular formula is C16H19FN8. The number of aromatic nitrogens is 4. The average molecular weight is 342 g/mol. The molecule has 2 aromatic heterocycles. The number of aromatic amines is 1. The SMILES string of the molecule is CN1CCN(c2ccc(Nc3nc(N)c4nc[nH]c4n3)cc2F)CC1. The van der Waals surface area contributed by atoms with Crippen LogP contribution in [-0.2, 0) is 0 Å². The molecule has 0 saturated carbocycles. The Morgan fingerprint density at radius 2 is 2.00 bits per heavy atom. The van der Waals surface area contributed by atoms with Gasteiger partial charge in [0, 0.05) is 31.9 Å². The zero-order valence-corrected chi connectivity index (χ0v) is 13.8. The van der Waals surface area contributed by atoms with Gasteiger partial charge in [-0.1, -0.05) is 0 Å². The number of piperazine rings is 1. The van der Waals surface area contributed by atoms with Crippen LogP contribution in [0.15, 0.2) is 24.5 Å². The van der Waals surface area contributed by atoms with Crippen LogP contribution in [0.25, 0.3) is 11.2 Å². The first-order chi connectivity index (χ1) is 12.1. The summed E-state index contributed by atoms with van der Waals surface area (Å²) in [5, 5.41) is 2.99. The van der Waals surface area contributed by atoms with Crippen molar-refractivity contribution >= 4 is 34.3 Å². The largest absolute Gasteiger partial charge is 0.382 e. The fourth-order valence-corrected chi connectivity index (χ4v) is 2.93. The van der Waals surface area contributed by atoms with Gasteiger partial charge in [0.05, 0.1) is 12.0 Å². The molecule has 130 valence electrons. The minimum absolute atomic E-state index is 0.267. The number of imidazole rings is 1. The van der Waals surface area contributed by atoms with Gasteiger partial charge in [-0.2, -0.15) is 9.97 Å². The molecule has 1 saturated heterocycles. The predicted molar refractivity (Wildman–Crippen MR) is 95.5 cm³/mol. The summed E-state index contributed by atoms with van der Waals surface area (Å²) in [6, 6.07) is 5.04. The minimum Gasteiger partial charge on any atom is -0.382 e. The lowest BCUT2D eigenvalue weighted by Crippen LogP contribution is -2.44. The number of halogens is 1. The predicted octanol–water partition coefficient (Wildman–Crippen LogP) is 1.57. The van der Waals surface area contributed by atoms with E-state index in [0.29, 0.717) is 28.5 Å². The number of nitrogen functional groups attached to an aromatic ring is 1. The first-order valence-corrected chi connectivity index (χ1v) is 8.07. The molecule has 1 aliphatic heterocycles. The molecule has 0 atom stereocenters. The zero-order chi connectivity index (χ0) is 17.4. The van der Waals surface area contributed by atoms with Gasteiger partial charge in [-0.3, -0.25) is 0 Å². The number of nitrogens with two attached hydrogens (primary N) is 1. The monoisotopic (exact) mass is 342 g/mol. The van der Waals surface area contributed by atoms with Crippen molar-refractivity contribution in [3.63, 3.8) is 0 Å². The number of H-pyrrole nitrogens is 1. The van der Waals surface area contributed by atoms with Crippen LogP contribution in [0.5, 0.6) is 0 Å². The Bertz CT molecular complexity index is 900. The molecule has 1 aromatic carbocycles. The van der Waals surface area contributed by atoms with Crippen molar-refractivity contribution < 1.29 is 4.39 Å². The summed E-state index contributed by atoms with van der Waals surface area (Å²) >= 11 is 0. The summed E-state index contributed by atoms with van der Waals surface area (Å²) in [7, 11) is 2.07. The maximum absolute atomic E-state index is 14.5. The molecule has 3 aromatic rings. The van der Waals surface area contributed by atoms with Gasteiger partial charge >= 0.3 is 0 Å². The molecule has 4 N–H and O–H groups in total. The van der Waals surface area contributed by atoms with E-state index in [1.165, 1.54) is 12.4 Å². The van der Waals surface area contributed by atoms with Crippen LogP contribution >= 0.6 is 0 Å². The molecule has 1 aliphatic rings. The van der Waals surface area contributed by atoms with Gasteiger partial charge < -0.3 is 25.8 Å². The molecule has 1 fully saturated rings. The van der Waals surface area contributed by atoms with Gasteiger partial charge in [0.25, 0.3) is 0 Å². The van der Waals surface area contributed by atoms with Crippen molar-refractivity contribution in [3.05, 3.63) is 30.3 Å². The summed E-state index contributed by atoms with van der Waals surface area (Å²) in [5.74, 6) is 0.286. The maximum atomic E-state index is 14.5. The molecule has 25 heavy (non-hydrogen) atoms. The highest BCUT2D eigenvalue weighted by Gasteiger charge is 2.17. The van der Waals surface area contributed by atoms with Crippen molar-refractivity contribution in [2.45, 2.75) is 0 Å². The van der Waals surface area contributed by atoms with Gasteiger partial charge in [-0.05, 0) is 25.2 Å². The number of rotatable bonds is 3. The zero-order valence-electron chi connectivity index (χ0n) is 13.8. The first-order valence-electron chi connectivity index (χ1n) is 8.07. The summed E-state index contributed by atoms with van der Waals surface area (Å²) in [6.45, 7) is 3.49. The highest BCUT2D eigenvalue weighted by molar-refractivity contribution is 5.82. The van der Waals surface area contributed by atoms with Crippen LogP contribution in [0.4, 0.5) is 27.5 Å². The maximum Gasteiger partial charge on any atom is 0.231 e. The Morgan fingerprint density at radius 1 is 1.20 bits per heavy atom. The highest BCUT2D eigenvalue weighted by Crippen LogP contribution is 2.26. The second kappa shape index (κ2) is 6.17. The summed E-state index contributed by atoms with van der Waals surface area (Å²) in [5.41, 5.74) is 8.08. The Hall–Kier alpha value is -2.94. The van der Waals surface area contributed by atoms with Crippen molar-refractivity contribution in [1.29, 1.82) is 0 Å². The Kier molecular flexibility index (Phi) is 3.85. The van der Waals surface area contributed by atoms with E-state index >= 15 is 0 Å². The molecule has 0 spiro atoms. The number of anilines is 4. The summed E-state index contributed by atoms with van der Waals surface area (Å²) in [4.78, 5) is 19.7. The van der Waals surface area contributed by atoms with Crippen LogP contribution in [0.3, 0.4) is 0 Å². The minimum atomic E-state index is -0.273. The van der Waals surface area contributed by atoms with Gasteiger partial charge in [-0.25, -0.2) is 9.37 Å². The second-order valence-electron chi connectivity index (χ2n) is 6.11. The summed E-state index contributed by atoms with van der Waals surface area (Å²) < 4.78 is 14.5. The van der Waals surface area contributed by atoms with E-state index in [-0.39, 0.29) is 11.6 Å². The molecule has 0 aliphatic carbocycles. The van der Waals surface area contributed by atoms with Crippen molar-refractivity contribution in [2.24, 2.45) is 0 Å². The fourth-order valence-electron chi connectivity index (χ4n) is 2.93. The molecule has 9 heteroatoms. The number of benzene rings is 1. The Morgan fingerprint density at radius 3 is 2.76 bits per heavy atom. The van der Waals surface area contributed by atoms with Gasteiger partial charge in [-0.15, -0.1) is 0 Å². The molecule has 0 radical (unpaired) electrons. The van der Waals surface area contributed by atoms with Crippen molar-refractivity contribution in [3.8, 4) is 0 Å². The molecule has 8 nitrogen and oxygen atoms in total. The van der Waals surface area contributed by atoms with E-state index in [1.54, 1.807) is 6.07 Å². The lowest BCUT2D eigenvalue weighted by molar-refractivity contribution is 0.311. The Labute approximate surface area is 143 Å². The quantitative estimate of drug-likeness (QED) is 0.664. The molecule has 0 amide bonds. The normalized spacial score (nSPS) is 15.7. The van der Waals surface area contributed by atoms with E-state index in [0.717, 1.165) is 26.2 Å². The number of likely N-dealkylation sites (N-methyl/N-ethyl adjacent to an activating group) is 1. The second-order valence-corrected chi connectivity index (χ2v) is 6.11. The third-order valence-corrected chi connectivity index (χ3v) is 4.35. The molecular weight excluding hydrogens is 323 g/mol. The van der Waals surface area contributed by atoms with E-state index in [1.807, 2.05) is 6.07 Å². The standard InChI is InChI=1S/C16H19FN8/c1-24-4-6-25(7-5-24)12-3-2-10(8-11(12)17)21-16-22-14(18)13-15(23-16)20-9-19-13/h2-3,8-9H,4-7H2,1H3,(H4,18,19,20,21,22,23). The number of hydrogen-bond acceptors (Lipinski definition) is 7. The topological polar surface area (TPSA) is 99.0 Å². The van der Waals surface area contributed by atoms with E-state index in [9.17, 15) is 4.39 Å². The number of nitrogens with one attached hydrogen (secondary N) is 2. The molecule has 4 rings (SSSR count). The van der Waals surface area contributed by atoms with E-state index in [4.69, 9.17) is 5.73 Å². The molecule has 3 heterocycles. The number of fused-ring (bicyclic) bond motifs is 1. The smallest absolute Gasteiger partial charge is 0.231 e. The van der Waals surface area contributed by atoms with Crippen molar-refractivity contribution in [2.75, 3.05) is 49.2 Å². The lowest BCUT2D eigenvalue weighted by atomic mass is 10.2. The van der Waals surface area contributed by atoms with Crippen LogP contribution < -0.4 is 16.0 Å². The van der Waals surface area contributed by atoms with Crippen LogP contribution in [0.2, 0.25) is 0 Å². The molecule has 0 unspecified atom stereocenters. The lowest BCUT2D eigenvalue weighted by Gasteiger charge is -2.34. The van der Waals surface area contributed by atoms with Crippen molar-refractivity contribution in [1.82, 2.24) is 24.8 Å². The van der Waals surface area contributed by atoms with Gasteiger partial charge in [0.15, 0.2) is 11.5 Å². The molecule has 0 bridgehead atoms. The third-order valence-electron chi connectivity index (χ3n) is 4.35. The highest BCUT2D eigenvalue weighted by atomic mass is 19.1. The fraction of sp³-hybridized carbons (Fsp3) is 0.312. The summed E-state index contributed by atoms with van der Waals surface area (Å²) in [6.07, 6.45) is 1.50.